The van der Waals surface area contributed by atoms with Crippen molar-refractivity contribution in [2.24, 2.45) is 0 Å². The monoisotopic (exact) mass is 288 g/mol. The SMILES string of the molecule is CC(C)N1CCOC(CNc2cc(F)cc(F)c2F)C1. The van der Waals surface area contributed by atoms with Gasteiger partial charge in [-0.2, -0.15) is 0 Å². The number of anilines is 1. The molecule has 0 radical (unpaired) electrons. The predicted octanol–water partition coefficient (Wildman–Crippen LogP) is 2.63. The molecule has 0 aromatic heterocycles. The molecule has 0 amide bonds. The molecule has 1 N–H and O–H groups in total. The number of benzene rings is 1. The van der Waals surface area contributed by atoms with Crippen LogP contribution in [0.25, 0.3) is 0 Å². The van der Waals surface area contributed by atoms with Crippen LogP contribution in [0.2, 0.25) is 0 Å². The van der Waals surface area contributed by atoms with E-state index in [1.165, 1.54) is 0 Å². The third kappa shape index (κ3) is 3.64. The van der Waals surface area contributed by atoms with Gasteiger partial charge in [-0.05, 0) is 13.8 Å². The van der Waals surface area contributed by atoms with Gasteiger partial charge in [-0.25, -0.2) is 13.2 Å². The first kappa shape index (κ1) is 15.1. The van der Waals surface area contributed by atoms with Crippen molar-refractivity contribution in [1.82, 2.24) is 4.90 Å². The van der Waals surface area contributed by atoms with Crippen molar-refractivity contribution in [3.05, 3.63) is 29.6 Å². The van der Waals surface area contributed by atoms with Crippen LogP contribution < -0.4 is 5.32 Å². The summed E-state index contributed by atoms with van der Waals surface area (Å²) in [5.41, 5.74) is -0.173. The number of ether oxygens (including phenoxy) is 1. The van der Waals surface area contributed by atoms with Crippen molar-refractivity contribution in [2.75, 3.05) is 31.6 Å². The van der Waals surface area contributed by atoms with Gasteiger partial charge in [0.1, 0.15) is 5.82 Å². The Morgan fingerprint density at radius 2 is 2.10 bits per heavy atom. The molecule has 1 aromatic rings. The first-order valence-electron chi connectivity index (χ1n) is 6.71. The highest BCUT2D eigenvalue weighted by molar-refractivity contribution is 5.45. The molecule has 1 aliphatic rings. The van der Waals surface area contributed by atoms with Crippen LogP contribution in [0.4, 0.5) is 18.9 Å². The van der Waals surface area contributed by atoms with E-state index in [0.717, 1.165) is 12.6 Å². The highest BCUT2D eigenvalue weighted by Gasteiger charge is 2.22. The molecule has 1 atom stereocenters. The standard InChI is InChI=1S/C14H19F3N2O/c1-9(2)19-3-4-20-11(8-19)7-18-13-6-10(15)5-12(16)14(13)17/h5-6,9,11,18H,3-4,7-8H2,1-2H3. The molecule has 1 aliphatic heterocycles. The molecule has 6 heteroatoms. The fourth-order valence-electron chi connectivity index (χ4n) is 2.24. The molecule has 3 nitrogen and oxygen atoms in total. The lowest BCUT2D eigenvalue weighted by molar-refractivity contribution is -0.0316. The van der Waals surface area contributed by atoms with Crippen LogP contribution in [-0.4, -0.2) is 43.3 Å². The molecule has 112 valence electrons. The van der Waals surface area contributed by atoms with Gasteiger partial charge in [-0.3, -0.25) is 4.90 Å². The molecule has 1 aromatic carbocycles. The molecule has 20 heavy (non-hydrogen) atoms. The van der Waals surface area contributed by atoms with Gasteiger partial charge in [0.25, 0.3) is 0 Å². The van der Waals surface area contributed by atoms with Crippen LogP contribution in [0, 0.1) is 17.5 Å². The summed E-state index contributed by atoms with van der Waals surface area (Å²) in [6.07, 6.45) is -0.128. The molecule has 1 heterocycles. The lowest BCUT2D eigenvalue weighted by atomic mass is 10.2. The Labute approximate surface area is 116 Å². The highest BCUT2D eigenvalue weighted by atomic mass is 19.2. The number of morpholine rings is 1. The van der Waals surface area contributed by atoms with E-state index in [1.807, 2.05) is 0 Å². The van der Waals surface area contributed by atoms with E-state index in [-0.39, 0.29) is 11.8 Å². The normalized spacial score (nSPS) is 20.4. The maximum Gasteiger partial charge on any atom is 0.182 e. The van der Waals surface area contributed by atoms with Gasteiger partial charge in [0.2, 0.25) is 0 Å². The molecule has 1 fully saturated rings. The van der Waals surface area contributed by atoms with Gasteiger partial charge >= 0.3 is 0 Å². The van der Waals surface area contributed by atoms with Crippen LogP contribution in [0.1, 0.15) is 13.8 Å². The van der Waals surface area contributed by atoms with E-state index in [9.17, 15) is 13.2 Å². The smallest absolute Gasteiger partial charge is 0.182 e. The first-order chi connectivity index (χ1) is 9.47. The Morgan fingerprint density at radius 1 is 1.35 bits per heavy atom. The van der Waals surface area contributed by atoms with Gasteiger partial charge in [0.05, 0.1) is 18.4 Å². The van der Waals surface area contributed by atoms with E-state index >= 15 is 0 Å². The van der Waals surface area contributed by atoms with Gasteiger partial charge < -0.3 is 10.1 Å². The number of nitrogens with zero attached hydrogens (tertiary/aromatic N) is 1. The second-order valence-corrected chi connectivity index (χ2v) is 5.21. The average molecular weight is 288 g/mol. The Kier molecular flexibility index (Phi) is 4.88. The van der Waals surface area contributed by atoms with Crippen molar-refractivity contribution in [3.63, 3.8) is 0 Å². The largest absolute Gasteiger partial charge is 0.380 e. The Morgan fingerprint density at radius 3 is 2.80 bits per heavy atom. The minimum atomic E-state index is -1.19. The molecule has 0 bridgehead atoms. The third-order valence-corrected chi connectivity index (χ3v) is 3.41. The fourth-order valence-corrected chi connectivity index (χ4v) is 2.24. The number of hydrogen-bond acceptors (Lipinski definition) is 3. The van der Waals surface area contributed by atoms with Crippen molar-refractivity contribution in [1.29, 1.82) is 0 Å². The van der Waals surface area contributed by atoms with Crippen LogP contribution >= 0.6 is 0 Å². The Hall–Kier alpha value is -1.27. The minimum absolute atomic E-state index is 0.128. The van der Waals surface area contributed by atoms with Crippen LogP contribution in [0.3, 0.4) is 0 Å². The molecule has 1 saturated heterocycles. The summed E-state index contributed by atoms with van der Waals surface area (Å²) in [5, 5.41) is 2.72. The van der Waals surface area contributed by atoms with Gasteiger partial charge in [-0.15, -0.1) is 0 Å². The Balaban J connectivity index is 1.95. The highest BCUT2D eigenvalue weighted by Crippen LogP contribution is 2.19. The molecular formula is C14H19F3N2O. The van der Waals surface area contributed by atoms with E-state index in [2.05, 4.69) is 24.1 Å². The summed E-state index contributed by atoms with van der Waals surface area (Å²) >= 11 is 0. The minimum Gasteiger partial charge on any atom is -0.380 e. The van der Waals surface area contributed by atoms with Gasteiger partial charge in [-0.1, -0.05) is 0 Å². The molecule has 0 spiro atoms. The van der Waals surface area contributed by atoms with Crippen molar-refractivity contribution in [2.45, 2.75) is 26.0 Å². The third-order valence-electron chi connectivity index (χ3n) is 3.41. The van der Waals surface area contributed by atoms with E-state index in [1.54, 1.807) is 0 Å². The second kappa shape index (κ2) is 6.45. The first-order valence-corrected chi connectivity index (χ1v) is 6.71. The van der Waals surface area contributed by atoms with Gasteiger partial charge in [0.15, 0.2) is 11.6 Å². The number of hydrogen-bond donors (Lipinski definition) is 1. The second-order valence-electron chi connectivity index (χ2n) is 5.21. The van der Waals surface area contributed by atoms with Crippen molar-refractivity contribution in [3.8, 4) is 0 Å². The summed E-state index contributed by atoms with van der Waals surface area (Å²) in [5.74, 6) is -3.07. The van der Waals surface area contributed by atoms with Crippen molar-refractivity contribution < 1.29 is 17.9 Å². The van der Waals surface area contributed by atoms with Crippen LogP contribution in [-0.2, 0) is 4.74 Å². The summed E-state index contributed by atoms with van der Waals surface area (Å²) in [7, 11) is 0. The molecular weight excluding hydrogens is 269 g/mol. The molecule has 0 saturated carbocycles. The maximum absolute atomic E-state index is 13.5. The topological polar surface area (TPSA) is 24.5 Å². The van der Waals surface area contributed by atoms with E-state index in [0.29, 0.717) is 31.8 Å². The zero-order valence-electron chi connectivity index (χ0n) is 11.6. The zero-order chi connectivity index (χ0) is 14.7. The van der Waals surface area contributed by atoms with Crippen LogP contribution in [0.15, 0.2) is 12.1 Å². The predicted molar refractivity (Wildman–Crippen MR) is 71.3 cm³/mol. The maximum atomic E-state index is 13.5. The lowest BCUT2D eigenvalue weighted by Crippen LogP contribution is -2.48. The molecule has 2 rings (SSSR count). The number of rotatable bonds is 4. The summed E-state index contributed by atoms with van der Waals surface area (Å²) in [4.78, 5) is 2.25. The summed E-state index contributed by atoms with van der Waals surface area (Å²) in [6, 6.07) is 1.88. The van der Waals surface area contributed by atoms with E-state index in [4.69, 9.17) is 4.74 Å². The quantitative estimate of drug-likeness (QED) is 0.862. The van der Waals surface area contributed by atoms with E-state index < -0.39 is 17.5 Å². The van der Waals surface area contributed by atoms with Crippen LogP contribution in [0.5, 0.6) is 0 Å². The fraction of sp³-hybridized carbons (Fsp3) is 0.571. The number of halogens is 3. The zero-order valence-corrected chi connectivity index (χ0v) is 11.6. The average Bonchev–Trinajstić information content (AvgIpc) is 2.41. The Bertz CT molecular complexity index is 468. The molecule has 0 aliphatic carbocycles. The summed E-state index contributed by atoms with van der Waals surface area (Å²) in [6.45, 7) is 6.67. The summed E-state index contributed by atoms with van der Waals surface area (Å²) < 4.78 is 45.2. The lowest BCUT2D eigenvalue weighted by Gasteiger charge is -2.35. The number of nitrogens with one attached hydrogen (secondary N) is 1. The van der Waals surface area contributed by atoms with Crippen molar-refractivity contribution >= 4 is 5.69 Å². The van der Waals surface area contributed by atoms with Gasteiger partial charge in [0, 0.05) is 37.8 Å². The molecule has 1 unspecified atom stereocenters.